The van der Waals surface area contributed by atoms with Crippen molar-refractivity contribution in [3.05, 3.63) is 85.2 Å². The van der Waals surface area contributed by atoms with E-state index < -0.39 is 53.6 Å². The van der Waals surface area contributed by atoms with Gasteiger partial charge in [-0.15, -0.1) is 0 Å². The number of aromatic nitrogens is 2. The maximum atomic E-state index is 13.8. The van der Waals surface area contributed by atoms with Gasteiger partial charge in [-0.2, -0.15) is 0 Å². The first kappa shape index (κ1) is 29.0. The van der Waals surface area contributed by atoms with Crippen LogP contribution in [0.25, 0.3) is 0 Å². The van der Waals surface area contributed by atoms with E-state index in [1.54, 1.807) is 52.0 Å². The third-order valence-corrected chi connectivity index (χ3v) is 6.26. The first-order valence-electron chi connectivity index (χ1n) is 12.4. The molecular weight excluding hydrogens is 508 g/mol. The Hall–Kier alpha value is -4.54. The molecule has 2 aromatic heterocycles. The number of ether oxygens (including phenoxy) is 3. The molecule has 0 bridgehead atoms. The van der Waals surface area contributed by atoms with Crippen LogP contribution in [0.2, 0.25) is 0 Å². The summed E-state index contributed by atoms with van der Waals surface area (Å²) in [6, 6.07) is 8.99. The lowest BCUT2D eigenvalue weighted by atomic mass is 9.84. The summed E-state index contributed by atoms with van der Waals surface area (Å²) in [5, 5.41) is 22.1. The monoisotopic (exact) mass is 540 g/mol. The zero-order valence-corrected chi connectivity index (χ0v) is 22.5. The van der Waals surface area contributed by atoms with E-state index >= 15 is 0 Å². The molecule has 2 N–H and O–H groups in total. The van der Waals surface area contributed by atoms with Gasteiger partial charge in [-0.3, -0.25) is 19.2 Å². The Kier molecular flexibility index (Phi) is 9.18. The van der Waals surface area contributed by atoms with Crippen molar-refractivity contribution in [2.24, 2.45) is 0 Å². The van der Waals surface area contributed by atoms with Crippen LogP contribution in [0.1, 0.15) is 47.8 Å². The van der Waals surface area contributed by atoms with Crippen molar-refractivity contribution in [3.63, 3.8) is 0 Å². The van der Waals surface area contributed by atoms with Crippen LogP contribution >= 0.6 is 0 Å². The summed E-state index contributed by atoms with van der Waals surface area (Å²) in [7, 11) is 1.48. The average molecular weight is 541 g/mol. The summed E-state index contributed by atoms with van der Waals surface area (Å²) in [6.07, 6.45) is 0. The van der Waals surface area contributed by atoms with E-state index in [9.17, 15) is 29.4 Å². The first-order chi connectivity index (χ1) is 18.5. The molecule has 0 saturated heterocycles. The third kappa shape index (κ3) is 6.14. The summed E-state index contributed by atoms with van der Waals surface area (Å²) in [5.74, 6) is -2.97. The lowest BCUT2D eigenvalue weighted by Gasteiger charge is -2.23. The number of rotatable bonds is 10. The fraction of sp³-hybridized carbons (Fsp3) is 0.357. The van der Waals surface area contributed by atoms with Gasteiger partial charge in [-0.25, -0.2) is 0 Å². The Morgan fingerprint density at radius 3 is 1.56 bits per heavy atom. The maximum Gasteiger partial charge on any atom is 0.326 e. The van der Waals surface area contributed by atoms with E-state index in [0.717, 1.165) is 9.13 Å². The molecule has 0 spiro atoms. The fourth-order valence-corrected chi connectivity index (χ4v) is 4.42. The van der Waals surface area contributed by atoms with E-state index in [2.05, 4.69) is 0 Å². The minimum absolute atomic E-state index is 0.114. The summed E-state index contributed by atoms with van der Waals surface area (Å²) in [4.78, 5) is 52.1. The standard InChI is InChI=1S/C28H32N2O9/c1-6-38-22(33)14-29-16(3)12-20(31)25(27(29)35)24(18-8-10-19(37-5)11-9-18)26-21(32)13-17(4)30(28(26)36)15-23(34)39-7-2/h8-13,24,31-32H,6-7,14-15H2,1-5H3. The lowest BCUT2D eigenvalue weighted by molar-refractivity contribution is -0.144. The molecule has 3 rings (SSSR count). The average Bonchev–Trinajstić information content (AvgIpc) is 2.88. The van der Waals surface area contributed by atoms with E-state index in [1.807, 2.05) is 0 Å². The molecule has 0 aliphatic carbocycles. The Labute approximate surface area is 224 Å². The number of carbonyl (C=O) groups excluding carboxylic acids is 2. The van der Waals surface area contributed by atoms with Crippen LogP contribution in [0.5, 0.6) is 17.2 Å². The largest absolute Gasteiger partial charge is 0.507 e. The molecule has 0 aliphatic rings. The normalized spacial score (nSPS) is 10.9. The number of benzene rings is 1. The number of nitrogens with zero attached hydrogens (tertiary/aromatic N) is 2. The first-order valence-corrected chi connectivity index (χ1v) is 12.4. The second kappa shape index (κ2) is 12.3. The van der Waals surface area contributed by atoms with Gasteiger partial charge in [0.1, 0.15) is 30.3 Å². The number of esters is 2. The number of hydrogen-bond acceptors (Lipinski definition) is 9. The molecule has 0 atom stereocenters. The van der Waals surface area contributed by atoms with Gasteiger partial charge in [0.25, 0.3) is 11.1 Å². The Bertz CT molecular complexity index is 1400. The van der Waals surface area contributed by atoms with Gasteiger partial charge in [-0.05, 0) is 57.5 Å². The second-order valence-electron chi connectivity index (χ2n) is 8.77. The molecule has 0 amide bonds. The number of pyridine rings is 2. The minimum Gasteiger partial charge on any atom is -0.507 e. The fourth-order valence-electron chi connectivity index (χ4n) is 4.42. The number of methoxy groups -OCH3 is 1. The minimum atomic E-state index is -1.28. The van der Waals surface area contributed by atoms with Crippen LogP contribution in [-0.2, 0) is 32.2 Å². The van der Waals surface area contributed by atoms with Gasteiger partial charge < -0.3 is 33.6 Å². The molecule has 1 aromatic carbocycles. The number of aryl methyl sites for hydroxylation is 2. The summed E-state index contributed by atoms with van der Waals surface area (Å²) >= 11 is 0. The predicted octanol–water partition coefficient (Wildman–Crippen LogP) is 2.35. The SMILES string of the molecule is CCOC(=O)Cn1c(C)cc(O)c(C(c2ccc(OC)cc2)c2c(O)cc(C)n(CC(=O)OCC)c2=O)c1=O. The Balaban J connectivity index is 2.36. The Morgan fingerprint density at radius 2 is 1.21 bits per heavy atom. The van der Waals surface area contributed by atoms with Gasteiger partial charge in [0.2, 0.25) is 0 Å². The quantitative estimate of drug-likeness (QED) is 0.370. The van der Waals surface area contributed by atoms with E-state index in [-0.39, 0.29) is 35.7 Å². The highest BCUT2D eigenvalue weighted by Crippen LogP contribution is 2.38. The molecular formula is C28H32N2O9. The molecule has 39 heavy (non-hydrogen) atoms. The summed E-state index contributed by atoms with van der Waals surface area (Å²) < 4.78 is 17.5. The van der Waals surface area contributed by atoms with E-state index in [1.165, 1.54) is 19.2 Å². The third-order valence-electron chi connectivity index (χ3n) is 6.26. The number of aromatic hydroxyl groups is 2. The highest BCUT2D eigenvalue weighted by molar-refractivity contribution is 5.70. The molecule has 0 fully saturated rings. The zero-order valence-electron chi connectivity index (χ0n) is 22.5. The van der Waals surface area contributed by atoms with Crippen molar-refractivity contribution in [3.8, 4) is 17.2 Å². The lowest BCUT2D eigenvalue weighted by Crippen LogP contribution is -2.35. The zero-order chi connectivity index (χ0) is 28.9. The van der Waals surface area contributed by atoms with Crippen LogP contribution in [-0.4, -0.2) is 51.6 Å². The van der Waals surface area contributed by atoms with Crippen molar-refractivity contribution in [2.45, 2.75) is 46.7 Å². The molecule has 3 aromatic rings. The molecule has 0 saturated carbocycles. The van der Waals surface area contributed by atoms with Crippen LogP contribution in [0.15, 0.2) is 46.0 Å². The highest BCUT2D eigenvalue weighted by Gasteiger charge is 2.31. The number of carbonyl (C=O) groups is 2. The van der Waals surface area contributed by atoms with Gasteiger partial charge in [0.05, 0.1) is 37.4 Å². The molecule has 0 aliphatic heterocycles. The van der Waals surface area contributed by atoms with Crippen molar-refractivity contribution in [1.82, 2.24) is 9.13 Å². The van der Waals surface area contributed by atoms with Gasteiger partial charge >= 0.3 is 11.9 Å². The van der Waals surface area contributed by atoms with Crippen LogP contribution in [0, 0.1) is 13.8 Å². The van der Waals surface area contributed by atoms with Crippen molar-refractivity contribution in [2.75, 3.05) is 20.3 Å². The summed E-state index contributed by atoms with van der Waals surface area (Å²) in [6.45, 7) is 5.74. The van der Waals surface area contributed by atoms with Gasteiger partial charge in [-0.1, -0.05) is 12.1 Å². The van der Waals surface area contributed by atoms with Gasteiger partial charge in [0.15, 0.2) is 0 Å². The topological polar surface area (TPSA) is 146 Å². The second-order valence-corrected chi connectivity index (χ2v) is 8.77. The molecule has 11 nitrogen and oxygen atoms in total. The molecule has 2 heterocycles. The van der Waals surface area contributed by atoms with Crippen molar-refractivity contribution < 1.29 is 34.0 Å². The van der Waals surface area contributed by atoms with E-state index in [4.69, 9.17) is 14.2 Å². The van der Waals surface area contributed by atoms with Crippen LogP contribution in [0.4, 0.5) is 0 Å². The molecule has 0 unspecified atom stereocenters. The smallest absolute Gasteiger partial charge is 0.326 e. The highest BCUT2D eigenvalue weighted by atomic mass is 16.5. The van der Waals surface area contributed by atoms with Crippen LogP contribution in [0.3, 0.4) is 0 Å². The molecule has 0 radical (unpaired) electrons. The predicted molar refractivity (Wildman–Crippen MR) is 141 cm³/mol. The summed E-state index contributed by atoms with van der Waals surface area (Å²) in [5.41, 5.74) is -1.04. The molecule has 208 valence electrons. The number of hydrogen-bond donors (Lipinski definition) is 2. The van der Waals surface area contributed by atoms with Crippen molar-refractivity contribution >= 4 is 11.9 Å². The van der Waals surface area contributed by atoms with Gasteiger partial charge in [0, 0.05) is 11.4 Å². The van der Waals surface area contributed by atoms with E-state index in [0.29, 0.717) is 11.3 Å². The van der Waals surface area contributed by atoms with Crippen molar-refractivity contribution in [1.29, 1.82) is 0 Å². The molecule has 11 heteroatoms. The Morgan fingerprint density at radius 1 is 0.795 bits per heavy atom. The van der Waals surface area contributed by atoms with Crippen LogP contribution < -0.4 is 15.9 Å². The maximum absolute atomic E-state index is 13.8.